The van der Waals surface area contributed by atoms with Gasteiger partial charge >= 0.3 is 0 Å². The Balaban J connectivity index is 2.13. The number of carbonyl (C=O) groups is 1. The molecule has 0 atom stereocenters. The topological polar surface area (TPSA) is 53.4 Å². The molecule has 1 N–H and O–H groups in total. The Bertz CT molecular complexity index is 421. The number of nitrogens with zero attached hydrogens (tertiary/aromatic N) is 2. The molecule has 1 aromatic rings. The summed E-state index contributed by atoms with van der Waals surface area (Å²) < 4.78 is 12.9. The molecule has 0 aromatic carbocycles. The monoisotopic (exact) mass is 244 g/mol. The molecule has 1 aliphatic rings. The summed E-state index contributed by atoms with van der Waals surface area (Å²) in [6.45, 7) is 1.00. The van der Waals surface area contributed by atoms with Crippen molar-refractivity contribution >= 4 is 17.5 Å². The predicted octanol–water partition coefficient (Wildman–Crippen LogP) is 0.938. The van der Waals surface area contributed by atoms with E-state index in [0.717, 1.165) is 12.3 Å². The van der Waals surface area contributed by atoms with Crippen LogP contribution >= 0.6 is 11.6 Å². The number of rotatable bonds is 2. The average molecular weight is 245 g/mol. The van der Waals surface area contributed by atoms with Gasteiger partial charge in [-0.1, -0.05) is 11.6 Å². The summed E-state index contributed by atoms with van der Waals surface area (Å²) in [6.07, 6.45) is 0.964. The minimum Gasteiger partial charge on any atom is -0.396 e. The minimum absolute atomic E-state index is 0.00107. The standard InChI is InChI=1S/C10H10ClFN2O2/c11-9-8(1-7(12)2-13-9)10(16)14-3-6(4-14)5-15/h1-2,6,15H,3-5H2. The number of aliphatic hydroxyl groups excluding tert-OH is 1. The first-order chi connectivity index (χ1) is 7.61. The Kier molecular flexibility index (Phi) is 3.07. The zero-order valence-electron chi connectivity index (χ0n) is 8.36. The van der Waals surface area contributed by atoms with Gasteiger partial charge in [0, 0.05) is 25.6 Å². The molecule has 0 radical (unpaired) electrons. The van der Waals surface area contributed by atoms with Crippen LogP contribution in [0.5, 0.6) is 0 Å². The highest BCUT2D eigenvalue weighted by Gasteiger charge is 2.31. The Morgan fingerprint density at radius 1 is 1.69 bits per heavy atom. The van der Waals surface area contributed by atoms with Crippen LogP contribution in [0, 0.1) is 11.7 Å². The van der Waals surface area contributed by atoms with E-state index in [0.29, 0.717) is 13.1 Å². The molecule has 0 aliphatic carbocycles. The number of amides is 1. The zero-order valence-corrected chi connectivity index (χ0v) is 9.12. The second kappa shape index (κ2) is 4.35. The molecule has 0 spiro atoms. The number of aromatic nitrogens is 1. The maximum absolute atomic E-state index is 12.9. The van der Waals surface area contributed by atoms with Crippen LogP contribution in [0.1, 0.15) is 10.4 Å². The van der Waals surface area contributed by atoms with Crippen LogP contribution in [0.3, 0.4) is 0 Å². The van der Waals surface area contributed by atoms with Gasteiger partial charge < -0.3 is 10.0 Å². The van der Waals surface area contributed by atoms with Crippen LogP contribution in [0.4, 0.5) is 4.39 Å². The van der Waals surface area contributed by atoms with Crippen LogP contribution in [0.2, 0.25) is 5.15 Å². The lowest BCUT2D eigenvalue weighted by Crippen LogP contribution is -2.51. The van der Waals surface area contributed by atoms with E-state index in [4.69, 9.17) is 16.7 Å². The van der Waals surface area contributed by atoms with Crippen LogP contribution in [-0.4, -0.2) is 40.6 Å². The highest BCUT2D eigenvalue weighted by molar-refractivity contribution is 6.32. The number of aliphatic hydroxyl groups is 1. The highest BCUT2D eigenvalue weighted by atomic mass is 35.5. The molecule has 86 valence electrons. The second-order valence-corrected chi connectivity index (χ2v) is 4.11. The maximum Gasteiger partial charge on any atom is 0.257 e. The van der Waals surface area contributed by atoms with Crippen molar-refractivity contribution in [2.75, 3.05) is 19.7 Å². The smallest absolute Gasteiger partial charge is 0.257 e. The Labute approximate surface area is 96.7 Å². The lowest BCUT2D eigenvalue weighted by molar-refractivity contribution is 0.0361. The van der Waals surface area contributed by atoms with Crippen molar-refractivity contribution in [1.29, 1.82) is 0 Å². The molecule has 0 saturated carbocycles. The molecule has 6 heteroatoms. The lowest BCUT2D eigenvalue weighted by Gasteiger charge is -2.38. The van der Waals surface area contributed by atoms with Gasteiger partial charge in [0.1, 0.15) is 11.0 Å². The number of pyridine rings is 1. The molecule has 0 unspecified atom stereocenters. The highest BCUT2D eigenvalue weighted by Crippen LogP contribution is 2.21. The summed E-state index contributed by atoms with van der Waals surface area (Å²) >= 11 is 5.71. The molecule has 0 bridgehead atoms. The van der Waals surface area contributed by atoms with Crippen LogP contribution in [0.15, 0.2) is 12.3 Å². The Hall–Kier alpha value is -1.20. The van der Waals surface area contributed by atoms with Gasteiger partial charge in [-0.25, -0.2) is 9.37 Å². The van der Waals surface area contributed by atoms with Crippen molar-refractivity contribution in [3.8, 4) is 0 Å². The van der Waals surface area contributed by atoms with Gasteiger partial charge in [0.2, 0.25) is 0 Å². The summed E-state index contributed by atoms with van der Waals surface area (Å²) in [7, 11) is 0. The molecule has 16 heavy (non-hydrogen) atoms. The van der Waals surface area contributed by atoms with Crippen molar-refractivity contribution in [3.05, 3.63) is 28.8 Å². The van der Waals surface area contributed by atoms with Crippen molar-refractivity contribution in [1.82, 2.24) is 9.88 Å². The Morgan fingerprint density at radius 2 is 2.38 bits per heavy atom. The van der Waals surface area contributed by atoms with E-state index in [1.807, 2.05) is 0 Å². The van der Waals surface area contributed by atoms with E-state index in [1.165, 1.54) is 4.90 Å². The number of likely N-dealkylation sites (tertiary alicyclic amines) is 1. The largest absolute Gasteiger partial charge is 0.396 e. The van der Waals surface area contributed by atoms with Gasteiger partial charge in [-0.05, 0) is 6.07 Å². The summed E-state index contributed by atoms with van der Waals surface area (Å²) in [4.78, 5) is 16.9. The molecule has 2 heterocycles. The van der Waals surface area contributed by atoms with E-state index < -0.39 is 5.82 Å². The van der Waals surface area contributed by atoms with E-state index in [-0.39, 0.29) is 29.1 Å². The van der Waals surface area contributed by atoms with Gasteiger partial charge in [-0.2, -0.15) is 0 Å². The second-order valence-electron chi connectivity index (χ2n) is 3.75. The van der Waals surface area contributed by atoms with Crippen LogP contribution in [-0.2, 0) is 0 Å². The van der Waals surface area contributed by atoms with E-state index in [9.17, 15) is 9.18 Å². The molecular formula is C10H10ClFN2O2. The van der Waals surface area contributed by atoms with Crippen LogP contribution in [0.25, 0.3) is 0 Å². The molecule has 1 aromatic heterocycles. The molecule has 1 aliphatic heterocycles. The van der Waals surface area contributed by atoms with Gasteiger partial charge in [0.25, 0.3) is 5.91 Å². The van der Waals surface area contributed by atoms with Crippen molar-refractivity contribution in [3.63, 3.8) is 0 Å². The summed E-state index contributed by atoms with van der Waals surface area (Å²) in [5.41, 5.74) is 0.0676. The zero-order chi connectivity index (χ0) is 11.7. The first kappa shape index (κ1) is 11.3. The third-order valence-corrected chi connectivity index (χ3v) is 2.84. The number of halogens is 2. The molecule has 1 amide bonds. The Morgan fingerprint density at radius 3 is 3.00 bits per heavy atom. The summed E-state index contributed by atoms with van der Waals surface area (Å²) in [5.74, 6) is -0.821. The fraction of sp³-hybridized carbons (Fsp3) is 0.400. The van der Waals surface area contributed by atoms with E-state index in [2.05, 4.69) is 4.98 Å². The predicted molar refractivity (Wildman–Crippen MR) is 55.7 cm³/mol. The fourth-order valence-electron chi connectivity index (χ4n) is 1.59. The first-order valence-electron chi connectivity index (χ1n) is 4.83. The van der Waals surface area contributed by atoms with Crippen molar-refractivity contribution < 1.29 is 14.3 Å². The van der Waals surface area contributed by atoms with Crippen LogP contribution < -0.4 is 0 Å². The lowest BCUT2D eigenvalue weighted by atomic mass is 10.0. The average Bonchev–Trinajstić information content (AvgIpc) is 2.20. The molecule has 1 saturated heterocycles. The minimum atomic E-state index is -0.591. The fourth-order valence-corrected chi connectivity index (χ4v) is 1.78. The number of hydrogen-bond acceptors (Lipinski definition) is 3. The molecule has 2 rings (SSSR count). The molecular weight excluding hydrogens is 235 g/mol. The van der Waals surface area contributed by atoms with E-state index >= 15 is 0 Å². The SMILES string of the molecule is O=C(c1cc(F)cnc1Cl)N1CC(CO)C1. The van der Waals surface area contributed by atoms with Crippen molar-refractivity contribution in [2.45, 2.75) is 0 Å². The third-order valence-electron chi connectivity index (χ3n) is 2.54. The summed E-state index contributed by atoms with van der Waals surface area (Å²) in [5, 5.41) is 8.82. The van der Waals surface area contributed by atoms with E-state index in [1.54, 1.807) is 0 Å². The molecule has 1 fully saturated rings. The quantitative estimate of drug-likeness (QED) is 0.788. The third kappa shape index (κ3) is 2.01. The normalized spacial score (nSPS) is 16.1. The summed E-state index contributed by atoms with van der Waals surface area (Å²) in [6, 6.07) is 1.07. The van der Waals surface area contributed by atoms with Gasteiger partial charge in [-0.15, -0.1) is 0 Å². The maximum atomic E-state index is 12.9. The number of carbonyl (C=O) groups excluding carboxylic acids is 1. The molecule has 4 nitrogen and oxygen atoms in total. The van der Waals surface area contributed by atoms with Gasteiger partial charge in [-0.3, -0.25) is 4.79 Å². The number of hydrogen-bond donors (Lipinski definition) is 1. The van der Waals surface area contributed by atoms with Crippen molar-refractivity contribution in [2.24, 2.45) is 5.92 Å². The van der Waals surface area contributed by atoms with Gasteiger partial charge in [0.15, 0.2) is 0 Å². The first-order valence-corrected chi connectivity index (χ1v) is 5.20. The van der Waals surface area contributed by atoms with Gasteiger partial charge in [0.05, 0.1) is 11.8 Å².